The van der Waals surface area contributed by atoms with E-state index in [4.69, 9.17) is 0 Å². The van der Waals surface area contributed by atoms with Gasteiger partial charge in [0, 0.05) is 17.6 Å². The highest BCUT2D eigenvalue weighted by atomic mass is 35.5. The van der Waals surface area contributed by atoms with Gasteiger partial charge in [-0.25, -0.2) is 0 Å². The number of rotatable bonds is 2. The average Bonchev–Trinajstić information content (AvgIpc) is 2.38. The molecule has 1 fully saturated rings. The van der Waals surface area contributed by atoms with E-state index in [1.807, 2.05) is 6.92 Å². The number of halogens is 4. The van der Waals surface area contributed by atoms with E-state index in [2.05, 4.69) is 10.6 Å². The zero-order chi connectivity index (χ0) is 14.8. The van der Waals surface area contributed by atoms with E-state index in [0.717, 1.165) is 31.5 Å². The first kappa shape index (κ1) is 17.8. The fourth-order valence-corrected chi connectivity index (χ4v) is 2.34. The molecule has 1 heterocycles. The first-order valence-electron chi connectivity index (χ1n) is 6.58. The van der Waals surface area contributed by atoms with Crippen LogP contribution in [0.1, 0.15) is 35.7 Å². The predicted molar refractivity (Wildman–Crippen MR) is 76.6 cm³/mol. The van der Waals surface area contributed by atoms with Gasteiger partial charge in [0.05, 0.1) is 5.56 Å². The third-order valence-electron chi connectivity index (χ3n) is 3.43. The van der Waals surface area contributed by atoms with Gasteiger partial charge in [-0.3, -0.25) is 4.79 Å². The van der Waals surface area contributed by atoms with Crippen LogP contribution < -0.4 is 10.6 Å². The monoisotopic (exact) mass is 322 g/mol. The van der Waals surface area contributed by atoms with Crippen LogP contribution in [0.25, 0.3) is 0 Å². The number of piperidine rings is 1. The molecular formula is C14H18ClF3N2O. The Labute approximate surface area is 127 Å². The maximum absolute atomic E-state index is 12.4. The van der Waals surface area contributed by atoms with Crippen LogP contribution in [0.2, 0.25) is 0 Å². The molecule has 2 atom stereocenters. The van der Waals surface area contributed by atoms with Gasteiger partial charge in [-0.2, -0.15) is 13.2 Å². The highest BCUT2D eigenvalue weighted by Gasteiger charge is 2.30. The van der Waals surface area contributed by atoms with Gasteiger partial charge in [0.2, 0.25) is 0 Å². The minimum atomic E-state index is -4.38. The van der Waals surface area contributed by atoms with Gasteiger partial charge >= 0.3 is 6.18 Å². The number of carbonyl (C=O) groups is 1. The smallest absolute Gasteiger partial charge is 0.349 e. The summed E-state index contributed by atoms with van der Waals surface area (Å²) in [5.74, 6) is -0.321. The molecule has 2 rings (SSSR count). The molecule has 1 aliphatic heterocycles. The fourth-order valence-electron chi connectivity index (χ4n) is 2.34. The summed E-state index contributed by atoms with van der Waals surface area (Å²) >= 11 is 0. The average molecular weight is 323 g/mol. The molecule has 1 amide bonds. The van der Waals surface area contributed by atoms with E-state index in [9.17, 15) is 18.0 Å². The fraction of sp³-hybridized carbons (Fsp3) is 0.500. The van der Waals surface area contributed by atoms with Crippen molar-refractivity contribution in [3.63, 3.8) is 0 Å². The van der Waals surface area contributed by atoms with Gasteiger partial charge in [0.1, 0.15) is 0 Å². The Hall–Kier alpha value is -1.27. The topological polar surface area (TPSA) is 41.1 Å². The van der Waals surface area contributed by atoms with Gasteiger partial charge in [0.15, 0.2) is 0 Å². The van der Waals surface area contributed by atoms with Crippen LogP contribution in [0.3, 0.4) is 0 Å². The van der Waals surface area contributed by atoms with Crippen molar-refractivity contribution in [2.45, 2.75) is 38.0 Å². The summed E-state index contributed by atoms with van der Waals surface area (Å²) in [6.45, 7) is 2.87. The normalized spacial score (nSPS) is 22.3. The molecule has 0 spiro atoms. The lowest BCUT2D eigenvalue weighted by Gasteiger charge is -2.28. The Kier molecular flexibility index (Phi) is 6.04. The highest BCUT2D eigenvalue weighted by Crippen LogP contribution is 2.29. The molecule has 1 saturated heterocycles. The van der Waals surface area contributed by atoms with Gasteiger partial charge < -0.3 is 10.6 Å². The van der Waals surface area contributed by atoms with Crippen LogP contribution in [-0.2, 0) is 6.18 Å². The van der Waals surface area contributed by atoms with Crippen molar-refractivity contribution in [2.24, 2.45) is 0 Å². The van der Waals surface area contributed by atoms with Crippen LogP contribution in [-0.4, -0.2) is 24.5 Å². The molecule has 0 aromatic heterocycles. The molecule has 7 heteroatoms. The molecule has 1 aromatic carbocycles. The summed E-state index contributed by atoms with van der Waals surface area (Å²) in [6.07, 6.45) is -2.72. The number of nitrogens with one attached hydrogen (secondary N) is 2. The molecule has 1 aromatic rings. The van der Waals surface area contributed by atoms with Gasteiger partial charge in [-0.05, 0) is 50.6 Å². The standard InChI is InChI=1S/C14H17F3N2O.ClH/c1-9-8-12(6-7-18-9)19-13(20)10-2-4-11(5-3-10)14(15,16)17;/h2-5,9,12,18H,6-8H2,1H3,(H,19,20);1H. The van der Waals surface area contributed by atoms with Gasteiger partial charge in [-0.1, -0.05) is 0 Å². The highest BCUT2D eigenvalue weighted by molar-refractivity contribution is 5.94. The van der Waals surface area contributed by atoms with Crippen LogP contribution >= 0.6 is 12.4 Å². The Morgan fingerprint density at radius 3 is 2.43 bits per heavy atom. The molecule has 0 saturated carbocycles. The van der Waals surface area contributed by atoms with E-state index >= 15 is 0 Å². The molecular weight excluding hydrogens is 305 g/mol. The molecule has 118 valence electrons. The van der Waals surface area contributed by atoms with Crippen molar-refractivity contribution in [3.05, 3.63) is 35.4 Å². The summed E-state index contributed by atoms with van der Waals surface area (Å²) in [6, 6.07) is 4.69. The molecule has 21 heavy (non-hydrogen) atoms. The van der Waals surface area contributed by atoms with Crippen molar-refractivity contribution < 1.29 is 18.0 Å². The molecule has 0 aliphatic carbocycles. The SMILES string of the molecule is CC1CC(NC(=O)c2ccc(C(F)(F)F)cc2)CCN1.Cl. The van der Waals surface area contributed by atoms with Crippen LogP contribution in [0.4, 0.5) is 13.2 Å². The second kappa shape index (κ2) is 7.13. The second-order valence-corrected chi connectivity index (χ2v) is 5.13. The summed E-state index contributed by atoms with van der Waals surface area (Å²) in [5.41, 5.74) is -0.492. The quantitative estimate of drug-likeness (QED) is 0.879. The van der Waals surface area contributed by atoms with Gasteiger partial charge in [-0.15, -0.1) is 12.4 Å². The van der Waals surface area contributed by atoms with Gasteiger partial charge in [0.25, 0.3) is 5.91 Å². The molecule has 0 bridgehead atoms. The van der Waals surface area contributed by atoms with E-state index in [0.29, 0.717) is 6.04 Å². The zero-order valence-corrected chi connectivity index (χ0v) is 12.4. The minimum Gasteiger partial charge on any atom is -0.349 e. The first-order valence-corrected chi connectivity index (χ1v) is 6.58. The molecule has 2 N–H and O–H groups in total. The Balaban J connectivity index is 0.00000220. The van der Waals surface area contributed by atoms with E-state index in [-0.39, 0.29) is 29.9 Å². The molecule has 3 nitrogen and oxygen atoms in total. The summed E-state index contributed by atoms with van der Waals surface area (Å²) in [5, 5.41) is 6.14. The van der Waals surface area contributed by atoms with Crippen molar-refractivity contribution in [2.75, 3.05) is 6.54 Å². The third-order valence-corrected chi connectivity index (χ3v) is 3.43. The number of benzene rings is 1. The van der Waals surface area contributed by atoms with Crippen molar-refractivity contribution in [3.8, 4) is 0 Å². The Morgan fingerprint density at radius 1 is 1.29 bits per heavy atom. The number of hydrogen-bond acceptors (Lipinski definition) is 2. The largest absolute Gasteiger partial charge is 0.416 e. The minimum absolute atomic E-state index is 0. The molecule has 0 radical (unpaired) electrons. The maximum atomic E-state index is 12.4. The lowest BCUT2D eigenvalue weighted by atomic mass is 10.00. The second-order valence-electron chi connectivity index (χ2n) is 5.13. The Bertz CT molecular complexity index is 476. The maximum Gasteiger partial charge on any atom is 0.416 e. The van der Waals surface area contributed by atoms with E-state index in [1.165, 1.54) is 12.1 Å². The number of hydrogen-bond donors (Lipinski definition) is 2. The number of alkyl halides is 3. The summed E-state index contributed by atoms with van der Waals surface area (Å²) < 4.78 is 37.3. The Morgan fingerprint density at radius 2 is 1.90 bits per heavy atom. The molecule has 2 unspecified atom stereocenters. The molecule has 1 aliphatic rings. The summed E-state index contributed by atoms with van der Waals surface area (Å²) in [7, 11) is 0. The summed E-state index contributed by atoms with van der Waals surface area (Å²) in [4.78, 5) is 12.0. The van der Waals surface area contributed by atoms with E-state index < -0.39 is 11.7 Å². The lowest BCUT2D eigenvalue weighted by molar-refractivity contribution is -0.137. The van der Waals surface area contributed by atoms with Crippen molar-refractivity contribution in [1.29, 1.82) is 0 Å². The first-order chi connectivity index (χ1) is 9.36. The number of amides is 1. The van der Waals surface area contributed by atoms with E-state index in [1.54, 1.807) is 0 Å². The van der Waals surface area contributed by atoms with Crippen LogP contribution in [0, 0.1) is 0 Å². The predicted octanol–water partition coefficient (Wildman–Crippen LogP) is 3.00. The van der Waals surface area contributed by atoms with Crippen molar-refractivity contribution >= 4 is 18.3 Å². The zero-order valence-electron chi connectivity index (χ0n) is 11.5. The van der Waals surface area contributed by atoms with Crippen molar-refractivity contribution in [1.82, 2.24) is 10.6 Å². The lowest BCUT2D eigenvalue weighted by Crippen LogP contribution is -2.46. The number of carbonyl (C=O) groups excluding carboxylic acids is 1. The third kappa shape index (κ3) is 4.89. The van der Waals surface area contributed by atoms with Crippen LogP contribution in [0.15, 0.2) is 24.3 Å². The van der Waals surface area contributed by atoms with Crippen LogP contribution in [0.5, 0.6) is 0 Å².